The van der Waals surface area contributed by atoms with Crippen molar-refractivity contribution in [1.29, 1.82) is 0 Å². The number of hydrogen-bond donors (Lipinski definition) is 2. The van der Waals surface area contributed by atoms with Gasteiger partial charge in [-0.2, -0.15) is 0 Å². The second kappa shape index (κ2) is 4.85. The first-order chi connectivity index (χ1) is 4.56. The third-order valence-corrected chi connectivity index (χ3v) is 1.42. The van der Waals surface area contributed by atoms with Crippen LogP contribution in [0.15, 0.2) is 0 Å². The summed E-state index contributed by atoms with van der Waals surface area (Å²) in [4.78, 5) is 16.6. The van der Waals surface area contributed by atoms with E-state index < -0.39 is 13.9 Å². The van der Waals surface area contributed by atoms with Gasteiger partial charge in [0, 0.05) is 6.61 Å². The molecule has 0 aromatic rings. The van der Waals surface area contributed by atoms with Gasteiger partial charge in [-0.1, -0.05) is 13.3 Å². The molecule has 0 amide bonds. The van der Waals surface area contributed by atoms with E-state index in [1.165, 1.54) is 0 Å². The maximum atomic E-state index is 10.2. The highest BCUT2D eigenvalue weighted by molar-refractivity contribution is 7.51. The van der Waals surface area contributed by atoms with Crippen molar-refractivity contribution in [2.24, 2.45) is 0 Å². The standard InChI is InChI=1S/C5H13O4P/c1-2-3-4-9-5-10(6,7)8/h2-5H2,1H3,(H2,6,7,8). The van der Waals surface area contributed by atoms with Gasteiger partial charge in [0.2, 0.25) is 0 Å². The lowest BCUT2D eigenvalue weighted by atomic mass is 10.4. The summed E-state index contributed by atoms with van der Waals surface area (Å²) in [6.07, 6.45) is 1.37. The predicted molar refractivity (Wildman–Crippen MR) is 37.8 cm³/mol. The molecule has 0 unspecified atom stereocenters. The van der Waals surface area contributed by atoms with Crippen LogP contribution in [0.4, 0.5) is 0 Å². The summed E-state index contributed by atoms with van der Waals surface area (Å²) in [7, 11) is -3.93. The van der Waals surface area contributed by atoms with Crippen LogP contribution in [0.5, 0.6) is 0 Å². The normalized spacial score (nSPS) is 11.9. The molecule has 4 nitrogen and oxygen atoms in total. The Labute approximate surface area is 60.4 Å². The van der Waals surface area contributed by atoms with Gasteiger partial charge in [-0.25, -0.2) is 0 Å². The Kier molecular flexibility index (Phi) is 4.91. The highest BCUT2D eigenvalue weighted by Crippen LogP contribution is 2.33. The van der Waals surface area contributed by atoms with Gasteiger partial charge in [-0.05, 0) is 6.42 Å². The van der Waals surface area contributed by atoms with Gasteiger partial charge < -0.3 is 14.5 Å². The van der Waals surface area contributed by atoms with E-state index in [-0.39, 0.29) is 0 Å². The Morgan fingerprint density at radius 2 is 2.10 bits per heavy atom. The SMILES string of the molecule is CCCCOCP(=O)(O)O. The van der Waals surface area contributed by atoms with E-state index in [9.17, 15) is 4.57 Å². The number of rotatable bonds is 5. The van der Waals surface area contributed by atoms with Crippen molar-refractivity contribution < 1.29 is 19.1 Å². The third-order valence-electron chi connectivity index (χ3n) is 0.902. The molecule has 0 aromatic heterocycles. The van der Waals surface area contributed by atoms with Crippen molar-refractivity contribution in [2.75, 3.05) is 13.0 Å². The maximum Gasteiger partial charge on any atom is 0.350 e. The topological polar surface area (TPSA) is 66.8 Å². The van der Waals surface area contributed by atoms with Crippen molar-refractivity contribution in [3.05, 3.63) is 0 Å². The number of ether oxygens (including phenoxy) is 1. The Morgan fingerprint density at radius 3 is 2.50 bits per heavy atom. The van der Waals surface area contributed by atoms with Crippen molar-refractivity contribution in [3.63, 3.8) is 0 Å². The second-order valence-electron chi connectivity index (χ2n) is 2.06. The van der Waals surface area contributed by atoms with Crippen LogP contribution in [0, 0.1) is 0 Å². The Morgan fingerprint density at radius 1 is 1.50 bits per heavy atom. The Balaban J connectivity index is 3.13. The third kappa shape index (κ3) is 8.11. The monoisotopic (exact) mass is 168 g/mol. The van der Waals surface area contributed by atoms with E-state index in [1.807, 2.05) is 6.92 Å². The Bertz CT molecular complexity index is 119. The van der Waals surface area contributed by atoms with Crippen LogP contribution in [0.3, 0.4) is 0 Å². The molecule has 62 valence electrons. The maximum absolute atomic E-state index is 10.2. The molecule has 0 bridgehead atoms. The second-order valence-corrected chi connectivity index (χ2v) is 3.64. The van der Waals surface area contributed by atoms with Crippen LogP contribution >= 0.6 is 7.60 Å². The summed E-state index contributed by atoms with van der Waals surface area (Å²) in [6, 6.07) is 0. The molecule has 0 atom stereocenters. The van der Waals surface area contributed by atoms with Crippen molar-refractivity contribution in [1.82, 2.24) is 0 Å². The molecule has 0 saturated carbocycles. The number of hydrogen-bond acceptors (Lipinski definition) is 2. The fourth-order valence-corrected chi connectivity index (χ4v) is 0.797. The molecular weight excluding hydrogens is 155 g/mol. The van der Waals surface area contributed by atoms with Gasteiger partial charge >= 0.3 is 7.60 Å². The van der Waals surface area contributed by atoms with Crippen LogP contribution < -0.4 is 0 Å². The zero-order chi connectivity index (χ0) is 8.04. The highest BCUT2D eigenvalue weighted by atomic mass is 31.2. The van der Waals surface area contributed by atoms with Crippen LogP contribution in [0.1, 0.15) is 19.8 Å². The predicted octanol–water partition coefficient (Wildman–Crippen LogP) is 0.938. The van der Waals surface area contributed by atoms with Crippen molar-refractivity contribution in [3.8, 4) is 0 Å². The lowest BCUT2D eigenvalue weighted by Gasteiger charge is -2.03. The highest BCUT2D eigenvalue weighted by Gasteiger charge is 2.11. The van der Waals surface area contributed by atoms with Crippen LogP contribution in [-0.4, -0.2) is 22.7 Å². The summed E-state index contributed by atoms with van der Waals surface area (Å²) in [6.45, 7) is 2.42. The van der Waals surface area contributed by atoms with Crippen LogP contribution in [0.25, 0.3) is 0 Å². The van der Waals surface area contributed by atoms with E-state index >= 15 is 0 Å². The average molecular weight is 168 g/mol. The first kappa shape index (κ1) is 10.1. The molecule has 0 fully saturated rings. The smallest absolute Gasteiger partial charge is 0.350 e. The molecule has 5 heteroatoms. The quantitative estimate of drug-likeness (QED) is 0.473. The van der Waals surface area contributed by atoms with Crippen molar-refractivity contribution in [2.45, 2.75) is 19.8 Å². The van der Waals surface area contributed by atoms with E-state index in [0.717, 1.165) is 12.8 Å². The lowest BCUT2D eigenvalue weighted by Crippen LogP contribution is -1.96. The minimum Gasteiger partial charge on any atom is -0.369 e. The molecule has 0 rings (SSSR count). The molecule has 0 saturated heterocycles. The zero-order valence-electron chi connectivity index (χ0n) is 5.99. The molecule has 2 N–H and O–H groups in total. The van der Waals surface area contributed by atoms with E-state index in [2.05, 4.69) is 4.74 Å². The van der Waals surface area contributed by atoms with E-state index in [0.29, 0.717) is 6.61 Å². The summed E-state index contributed by atoms with van der Waals surface area (Å²) in [5.41, 5.74) is 0. The van der Waals surface area contributed by atoms with Gasteiger partial charge in [-0.15, -0.1) is 0 Å². The molecule has 0 spiro atoms. The number of unbranched alkanes of at least 4 members (excludes halogenated alkanes) is 1. The summed E-state index contributed by atoms with van der Waals surface area (Å²) in [5, 5.41) is 0. The van der Waals surface area contributed by atoms with Gasteiger partial charge in [-0.3, -0.25) is 4.57 Å². The average Bonchev–Trinajstić information content (AvgIpc) is 1.78. The first-order valence-corrected chi connectivity index (χ1v) is 4.98. The fourth-order valence-electron chi connectivity index (χ4n) is 0.430. The molecule has 0 aliphatic carbocycles. The zero-order valence-corrected chi connectivity index (χ0v) is 6.88. The van der Waals surface area contributed by atoms with Gasteiger partial charge in [0.25, 0.3) is 0 Å². The summed E-state index contributed by atoms with van der Waals surface area (Å²) < 4.78 is 14.8. The molecule has 0 heterocycles. The molecule has 10 heavy (non-hydrogen) atoms. The van der Waals surface area contributed by atoms with E-state index in [1.54, 1.807) is 0 Å². The largest absolute Gasteiger partial charge is 0.369 e. The molecule has 0 aliphatic rings. The summed E-state index contributed by atoms with van der Waals surface area (Å²) in [5.74, 6) is 0. The van der Waals surface area contributed by atoms with Crippen LogP contribution in [-0.2, 0) is 9.30 Å². The molecule has 0 radical (unpaired) electrons. The van der Waals surface area contributed by atoms with Crippen LogP contribution in [0.2, 0.25) is 0 Å². The molecule has 0 aliphatic heterocycles. The fraction of sp³-hybridized carbons (Fsp3) is 1.00. The van der Waals surface area contributed by atoms with Crippen molar-refractivity contribution >= 4 is 7.60 Å². The minimum absolute atomic E-state index is 0.432. The van der Waals surface area contributed by atoms with Gasteiger partial charge in [0.1, 0.15) is 6.35 Å². The van der Waals surface area contributed by atoms with E-state index in [4.69, 9.17) is 9.79 Å². The lowest BCUT2D eigenvalue weighted by molar-refractivity contribution is 0.154. The van der Waals surface area contributed by atoms with Gasteiger partial charge in [0.05, 0.1) is 0 Å². The van der Waals surface area contributed by atoms with Gasteiger partial charge in [0.15, 0.2) is 0 Å². The first-order valence-electron chi connectivity index (χ1n) is 3.18. The molecule has 0 aromatic carbocycles. The Hall–Kier alpha value is 0.110. The minimum atomic E-state index is -3.93. The summed E-state index contributed by atoms with van der Waals surface area (Å²) >= 11 is 0. The molecular formula is C5H13O4P.